The lowest BCUT2D eigenvalue weighted by molar-refractivity contribution is 0.0922. The van der Waals surface area contributed by atoms with E-state index in [4.69, 9.17) is 23.2 Å². The van der Waals surface area contributed by atoms with Gasteiger partial charge in [0, 0.05) is 24.5 Å². The fourth-order valence-electron chi connectivity index (χ4n) is 3.18. The maximum atomic E-state index is 12.4. The number of halogens is 2. The number of hydrogen-bond donors (Lipinski definition) is 2. The van der Waals surface area contributed by atoms with Gasteiger partial charge in [-0.3, -0.25) is 4.79 Å². The quantitative estimate of drug-likeness (QED) is 0.736. The van der Waals surface area contributed by atoms with Crippen molar-refractivity contribution in [3.05, 3.63) is 58.3 Å². The first-order valence-electron chi connectivity index (χ1n) is 8.52. The number of nitrogens with zero attached hydrogens (tertiary/aromatic N) is 1. The maximum Gasteiger partial charge on any atom is 0.253 e. The van der Waals surface area contributed by atoms with E-state index in [1.165, 1.54) is 12.3 Å². The first-order chi connectivity index (χ1) is 12.1. The van der Waals surface area contributed by atoms with Crippen molar-refractivity contribution in [1.82, 2.24) is 10.3 Å². The van der Waals surface area contributed by atoms with Crippen molar-refractivity contribution >= 4 is 34.8 Å². The molecule has 2 aromatic rings. The molecular weight excluding hydrogens is 357 g/mol. The second-order valence-corrected chi connectivity index (χ2v) is 7.22. The molecule has 0 unspecified atom stereocenters. The van der Waals surface area contributed by atoms with Gasteiger partial charge in [0.05, 0.1) is 10.6 Å². The first-order valence-corrected chi connectivity index (χ1v) is 9.28. The zero-order chi connectivity index (χ0) is 17.6. The third kappa shape index (κ3) is 5.10. The van der Waals surface area contributed by atoms with Gasteiger partial charge in [-0.05, 0) is 49.8 Å². The van der Waals surface area contributed by atoms with Gasteiger partial charge in [-0.25, -0.2) is 4.98 Å². The summed E-state index contributed by atoms with van der Waals surface area (Å²) in [5, 5.41) is 7.14. The van der Waals surface area contributed by atoms with Crippen molar-refractivity contribution in [2.75, 3.05) is 11.9 Å². The first kappa shape index (κ1) is 18.0. The Kier molecular flexibility index (Phi) is 6.16. The molecule has 0 radical (unpaired) electrons. The van der Waals surface area contributed by atoms with E-state index >= 15 is 0 Å². The molecule has 132 valence electrons. The largest absolute Gasteiger partial charge is 0.385 e. The molecule has 3 rings (SSSR count). The zero-order valence-corrected chi connectivity index (χ0v) is 15.4. The molecule has 4 nitrogen and oxygen atoms in total. The van der Waals surface area contributed by atoms with E-state index in [1.807, 2.05) is 18.2 Å². The second-order valence-electron chi connectivity index (χ2n) is 6.42. The van der Waals surface area contributed by atoms with Crippen LogP contribution in [0.15, 0.2) is 42.6 Å². The fraction of sp³-hybridized carbons (Fsp3) is 0.368. The van der Waals surface area contributed by atoms with Crippen LogP contribution in [-0.4, -0.2) is 23.5 Å². The Morgan fingerprint density at radius 3 is 2.56 bits per heavy atom. The van der Waals surface area contributed by atoms with Crippen molar-refractivity contribution in [3.63, 3.8) is 0 Å². The Labute approximate surface area is 157 Å². The van der Waals surface area contributed by atoms with Crippen LogP contribution < -0.4 is 10.6 Å². The van der Waals surface area contributed by atoms with Crippen LogP contribution in [0.25, 0.3) is 0 Å². The Balaban J connectivity index is 1.46. The Hall–Kier alpha value is -1.78. The number of para-hydroxylation sites is 1. The summed E-state index contributed by atoms with van der Waals surface area (Å²) < 4.78 is 0. The molecule has 25 heavy (non-hydrogen) atoms. The normalized spacial score (nSPS) is 20.1. The highest BCUT2D eigenvalue weighted by Gasteiger charge is 2.23. The van der Waals surface area contributed by atoms with Gasteiger partial charge in [-0.1, -0.05) is 41.4 Å². The van der Waals surface area contributed by atoms with Crippen molar-refractivity contribution in [2.24, 2.45) is 5.92 Å². The molecule has 0 aliphatic heterocycles. The summed E-state index contributed by atoms with van der Waals surface area (Å²) in [5.41, 5.74) is 1.54. The lowest BCUT2D eigenvalue weighted by atomic mass is 9.86. The summed E-state index contributed by atoms with van der Waals surface area (Å²) >= 11 is 11.9. The van der Waals surface area contributed by atoms with Crippen LogP contribution in [0, 0.1) is 5.92 Å². The van der Waals surface area contributed by atoms with E-state index in [0.717, 1.165) is 37.9 Å². The zero-order valence-electron chi connectivity index (χ0n) is 13.8. The number of pyridine rings is 1. The average Bonchev–Trinajstić information content (AvgIpc) is 2.64. The third-order valence-electron chi connectivity index (χ3n) is 4.62. The lowest BCUT2D eigenvalue weighted by Crippen LogP contribution is -2.38. The minimum absolute atomic E-state index is 0.180. The van der Waals surface area contributed by atoms with Crippen molar-refractivity contribution < 1.29 is 4.79 Å². The SMILES string of the molecule is O=C(N[C@H]1CC[C@H](CNc2ccccc2)CC1)c1cc(Cl)ncc1Cl. The van der Waals surface area contributed by atoms with Crippen molar-refractivity contribution in [1.29, 1.82) is 0 Å². The van der Waals surface area contributed by atoms with E-state index in [2.05, 4.69) is 27.8 Å². The van der Waals surface area contributed by atoms with Gasteiger partial charge in [0.2, 0.25) is 0 Å². The summed E-state index contributed by atoms with van der Waals surface area (Å²) in [6, 6.07) is 11.9. The lowest BCUT2D eigenvalue weighted by Gasteiger charge is -2.29. The fourth-order valence-corrected chi connectivity index (χ4v) is 3.53. The minimum Gasteiger partial charge on any atom is -0.385 e. The van der Waals surface area contributed by atoms with Crippen LogP contribution in [0.2, 0.25) is 10.2 Å². The van der Waals surface area contributed by atoms with Crippen LogP contribution in [0.3, 0.4) is 0 Å². The molecule has 0 spiro atoms. The molecule has 0 saturated heterocycles. The van der Waals surface area contributed by atoms with E-state index in [-0.39, 0.29) is 17.1 Å². The average molecular weight is 378 g/mol. The molecule has 1 saturated carbocycles. The summed E-state index contributed by atoms with van der Waals surface area (Å²) in [7, 11) is 0. The third-order valence-corrected chi connectivity index (χ3v) is 5.13. The Morgan fingerprint density at radius 2 is 1.84 bits per heavy atom. The van der Waals surface area contributed by atoms with Gasteiger partial charge in [-0.2, -0.15) is 0 Å². The predicted molar refractivity (Wildman–Crippen MR) is 102 cm³/mol. The van der Waals surface area contributed by atoms with E-state index in [9.17, 15) is 4.79 Å². The summed E-state index contributed by atoms with van der Waals surface area (Å²) in [4.78, 5) is 16.3. The number of hydrogen-bond acceptors (Lipinski definition) is 3. The number of carbonyl (C=O) groups is 1. The number of amides is 1. The Bertz CT molecular complexity index is 716. The highest BCUT2D eigenvalue weighted by molar-refractivity contribution is 6.35. The predicted octanol–water partition coefficient (Wildman–Crippen LogP) is 4.79. The number of rotatable bonds is 5. The molecule has 1 heterocycles. The van der Waals surface area contributed by atoms with Crippen LogP contribution in [-0.2, 0) is 0 Å². The van der Waals surface area contributed by atoms with E-state index in [1.54, 1.807) is 0 Å². The maximum absolute atomic E-state index is 12.4. The molecule has 1 aliphatic carbocycles. The van der Waals surface area contributed by atoms with Gasteiger partial charge in [-0.15, -0.1) is 0 Å². The highest BCUT2D eigenvalue weighted by Crippen LogP contribution is 2.26. The molecule has 1 amide bonds. The number of carbonyl (C=O) groups excluding carboxylic acids is 1. The molecule has 0 atom stereocenters. The van der Waals surface area contributed by atoms with Crippen LogP contribution in [0.4, 0.5) is 5.69 Å². The number of nitrogens with one attached hydrogen (secondary N) is 2. The van der Waals surface area contributed by atoms with Gasteiger partial charge in [0.1, 0.15) is 5.15 Å². The van der Waals surface area contributed by atoms with Crippen molar-refractivity contribution in [3.8, 4) is 0 Å². The number of anilines is 1. The number of aromatic nitrogens is 1. The summed E-state index contributed by atoms with van der Waals surface area (Å²) in [6.07, 6.45) is 5.54. The molecule has 1 aromatic carbocycles. The van der Waals surface area contributed by atoms with E-state index in [0.29, 0.717) is 16.5 Å². The van der Waals surface area contributed by atoms with Gasteiger partial charge >= 0.3 is 0 Å². The number of benzene rings is 1. The molecule has 1 fully saturated rings. The van der Waals surface area contributed by atoms with E-state index < -0.39 is 0 Å². The summed E-state index contributed by atoms with van der Waals surface area (Å²) in [6.45, 7) is 0.969. The highest BCUT2D eigenvalue weighted by atomic mass is 35.5. The summed E-state index contributed by atoms with van der Waals surface area (Å²) in [5.74, 6) is 0.451. The molecule has 1 aliphatic rings. The Morgan fingerprint density at radius 1 is 1.12 bits per heavy atom. The molecule has 2 N–H and O–H groups in total. The van der Waals surface area contributed by atoms with Crippen LogP contribution >= 0.6 is 23.2 Å². The second kappa shape index (κ2) is 8.54. The monoisotopic (exact) mass is 377 g/mol. The van der Waals surface area contributed by atoms with Crippen LogP contribution in [0.1, 0.15) is 36.0 Å². The standard InChI is InChI=1S/C19H21Cl2N3O/c20-17-12-23-18(21)10-16(17)19(25)24-15-8-6-13(7-9-15)11-22-14-4-2-1-3-5-14/h1-5,10,12-13,15,22H,6-9,11H2,(H,24,25)/t13-,15-. The molecule has 6 heteroatoms. The van der Waals surface area contributed by atoms with Gasteiger partial charge in [0.25, 0.3) is 5.91 Å². The molecular formula is C19H21Cl2N3O. The van der Waals surface area contributed by atoms with Gasteiger partial charge in [0.15, 0.2) is 0 Å². The smallest absolute Gasteiger partial charge is 0.253 e. The molecule has 0 bridgehead atoms. The topological polar surface area (TPSA) is 54.0 Å². The van der Waals surface area contributed by atoms with Gasteiger partial charge < -0.3 is 10.6 Å². The van der Waals surface area contributed by atoms with Crippen molar-refractivity contribution in [2.45, 2.75) is 31.7 Å². The van der Waals surface area contributed by atoms with Crippen LogP contribution in [0.5, 0.6) is 0 Å². The minimum atomic E-state index is -0.180. The molecule has 1 aromatic heterocycles.